The number of ether oxygens (including phenoxy) is 1. The zero-order chi connectivity index (χ0) is 18.1. The van der Waals surface area contributed by atoms with Crippen LogP contribution in [0.15, 0.2) is 18.2 Å². The molecule has 25 heavy (non-hydrogen) atoms. The van der Waals surface area contributed by atoms with Gasteiger partial charge in [-0.15, -0.1) is 0 Å². The lowest BCUT2D eigenvalue weighted by Crippen LogP contribution is -2.35. The van der Waals surface area contributed by atoms with Crippen molar-refractivity contribution < 1.29 is 19.4 Å². The minimum Gasteiger partial charge on any atom is -0.493 e. The first-order chi connectivity index (χ1) is 11.9. The Hall–Kier alpha value is -2.83. The summed E-state index contributed by atoms with van der Waals surface area (Å²) in [6.07, 6.45) is 0.848. The highest BCUT2D eigenvalue weighted by Crippen LogP contribution is 2.28. The van der Waals surface area contributed by atoms with Crippen LogP contribution in [0.2, 0.25) is 0 Å². The number of fused-ring (bicyclic) bond motifs is 1. The number of aliphatic carboxylic acids is 1. The zero-order valence-corrected chi connectivity index (χ0v) is 14.5. The van der Waals surface area contributed by atoms with Crippen LogP contribution in [0.3, 0.4) is 0 Å². The van der Waals surface area contributed by atoms with E-state index in [0.717, 1.165) is 34.7 Å². The lowest BCUT2D eigenvalue weighted by atomic mass is 10.0. The van der Waals surface area contributed by atoms with Gasteiger partial charge in [-0.2, -0.15) is 5.10 Å². The molecule has 1 aliphatic rings. The van der Waals surface area contributed by atoms with Crippen LogP contribution in [-0.2, 0) is 29.5 Å². The minimum absolute atomic E-state index is 0.101. The van der Waals surface area contributed by atoms with Gasteiger partial charge in [0, 0.05) is 24.7 Å². The third-order valence-corrected chi connectivity index (χ3v) is 4.60. The quantitative estimate of drug-likeness (QED) is 0.857. The fourth-order valence-electron chi connectivity index (χ4n) is 3.12. The number of carbonyl (C=O) groups is 2. The molecule has 2 heterocycles. The summed E-state index contributed by atoms with van der Waals surface area (Å²) < 4.78 is 7.15. The van der Waals surface area contributed by atoms with Crippen LogP contribution in [0.1, 0.15) is 34.1 Å². The average molecular weight is 343 g/mol. The van der Waals surface area contributed by atoms with Crippen LogP contribution in [0.25, 0.3) is 0 Å². The molecular weight excluding hydrogens is 322 g/mol. The molecule has 0 saturated heterocycles. The fourth-order valence-corrected chi connectivity index (χ4v) is 3.12. The van der Waals surface area contributed by atoms with Crippen molar-refractivity contribution in [2.45, 2.75) is 32.7 Å². The molecule has 0 fully saturated rings. The number of carbonyl (C=O) groups excluding carboxylic acids is 1. The maximum atomic E-state index is 12.4. The molecule has 0 radical (unpaired) electrons. The number of hydrogen-bond donors (Lipinski definition) is 2. The minimum atomic E-state index is -1.09. The lowest BCUT2D eigenvalue weighted by molar-refractivity contribution is -0.141. The van der Waals surface area contributed by atoms with E-state index in [1.807, 2.05) is 20.9 Å². The van der Waals surface area contributed by atoms with E-state index in [2.05, 4.69) is 10.4 Å². The van der Waals surface area contributed by atoms with E-state index < -0.39 is 12.0 Å². The van der Waals surface area contributed by atoms with Gasteiger partial charge in [0.05, 0.1) is 18.7 Å². The Kier molecular flexibility index (Phi) is 4.48. The molecule has 2 N–H and O–H groups in total. The van der Waals surface area contributed by atoms with Crippen molar-refractivity contribution in [3.8, 4) is 5.75 Å². The van der Waals surface area contributed by atoms with Gasteiger partial charge in [-0.05, 0) is 37.1 Å². The molecule has 0 bridgehead atoms. The number of aromatic nitrogens is 2. The smallest absolute Gasteiger partial charge is 0.330 e. The van der Waals surface area contributed by atoms with Gasteiger partial charge in [-0.1, -0.05) is 6.07 Å². The van der Waals surface area contributed by atoms with E-state index in [4.69, 9.17) is 4.74 Å². The van der Waals surface area contributed by atoms with Gasteiger partial charge >= 0.3 is 5.97 Å². The Morgan fingerprint density at radius 2 is 2.16 bits per heavy atom. The van der Waals surface area contributed by atoms with E-state index in [1.165, 1.54) is 0 Å². The first-order valence-corrected chi connectivity index (χ1v) is 8.13. The molecule has 1 unspecified atom stereocenters. The summed E-state index contributed by atoms with van der Waals surface area (Å²) in [6, 6.07) is 4.15. The molecule has 7 nitrogen and oxygen atoms in total. The van der Waals surface area contributed by atoms with Crippen LogP contribution in [-0.4, -0.2) is 33.4 Å². The molecule has 1 aromatic carbocycles. The zero-order valence-electron chi connectivity index (χ0n) is 14.5. The summed E-state index contributed by atoms with van der Waals surface area (Å²) in [5, 5.41) is 16.4. The standard InChI is InChI=1S/C18H21N3O4/c1-10-14(11(2)21(3)20-10)9-16(22)19-17(18(23)24)13-4-5-15-12(8-13)6-7-25-15/h4-5,8,17H,6-7,9H2,1-3H3,(H,19,22)(H,23,24). The first-order valence-electron chi connectivity index (χ1n) is 8.13. The molecular formula is C18H21N3O4. The monoisotopic (exact) mass is 343 g/mol. The molecule has 132 valence electrons. The second kappa shape index (κ2) is 6.58. The second-order valence-electron chi connectivity index (χ2n) is 6.25. The molecule has 1 aliphatic heterocycles. The van der Waals surface area contributed by atoms with Gasteiger partial charge in [0.25, 0.3) is 0 Å². The fraction of sp³-hybridized carbons (Fsp3) is 0.389. The van der Waals surface area contributed by atoms with Gasteiger partial charge in [-0.3, -0.25) is 9.48 Å². The van der Waals surface area contributed by atoms with Gasteiger partial charge in [0.2, 0.25) is 5.91 Å². The highest BCUT2D eigenvalue weighted by Gasteiger charge is 2.25. The summed E-state index contributed by atoms with van der Waals surface area (Å²) in [5.41, 5.74) is 4.01. The summed E-state index contributed by atoms with van der Waals surface area (Å²) in [4.78, 5) is 24.1. The number of rotatable bonds is 5. The lowest BCUT2D eigenvalue weighted by Gasteiger charge is -2.16. The first kappa shape index (κ1) is 17.0. The summed E-state index contributed by atoms with van der Waals surface area (Å²) in [7, 11) is 1.82. The van der Waals surface area contributed by atoms with Gasteiger partial charge in [0.15, 0.2) is 6.04 Å². The number of carboxylic acid groups (broad SMARTS) is 1. The molecule has 1 aromatic heterocycles. The van der Waals surface area contributed by atoms with E-state index >= 15 is 0 Å². The number of aryl methyl sites for hydroxylation is 2. The van der Waals surface area contributed by atoms with Crippen LogP contribution in [0, 0.1) is 13.8 Å². The van der Waals surface area contributed by atoms with E-state index in [0.29, 0.717) is 12.2 Å². The van der Waals surface area contributed by atoms with Crippen molar-refractivity contribution in [2.75, 3.05) is 6.61 Å². The predicted octanol–water partition coefficient (Wildman–Crippen LogP) is 1.46. The van der Waals surface area contributed by atoms with Gasteiger partial charge < -0.3 is 15.2 Å². The third kappa shape index (κ3) is 3.35. The number of nitrogens with one attached hydrogen (secondary N) is 1. The molecule has 7 heteroatoms. The molecule has 0 saturated carbocycles. The molecule has 2 aromatic rings. The molecule has 1 amide bonds. The Balaban J connectivity index is 1.78. The number of carboxylic acids is 1. The van der Waals surface area contributed by atoms with Gasteiger partial charge in [0.1, 0.15) is 5.75 Å². The number of nitrogens with zero attached hydrogens (tertiary/aromatic N) is 2. The summed E-state index contributed by atoms with van der Waals surface area (Å²) in [5.74, 6) is -0.656. The molecule has 1 atom stereocenters. The maximum Gasteiger partial charge on any atom is 0.330 e. The van der Waals surface area contributed by atoms with Crippen molar-refractivity contribution in [2.24, 2.45) is 7.05 Å². The predicted molar refractivity (Wildman–Crippen MR) is 90.5 cm³/mol. The molecule has 0 aliphatic carbocycles. The van der Waals surface area contributed by atoms with E-state index in [-0.39, 0.29) is 12.3 Å². The van der Waals surface area contributed by atoms with Crippen molar-refractivity contribution in [1.82, 2.24) is 15.1 Å². The van der Waals surface area contributed by atoms with Gasteiger partial charge in [-0.25, -0.2) is 4.79 Å². The van der Waals surface area contributed by atoms with E-state index in [9.17, 15) is 14.7 Å². The summed E-state index contributed by atoms with van der Waals surface area (Å²) in [6.45, 7) is 4.32. The van der Waals surface area contributed by atoms with Crippen LogP contribution in [0.4, 0.5) is 0 Å². The number of benzene rings is 1. The molecule has 3 rings (SSSR count). The number of amides is 1. The highest BCUT2D eigenvalue weighted by atomic mass is 16.5. The van der Waals surface area contributed by atoms with Crippen LogP contribution >= 0.6 is 0 Å². The summed E-state index contributed by atoms with van der Waals surface area (Å²) >= 11 is 0. The van der Waals surface area contributed by atoms with Crippen LogP contribution in [0.5, 0.6) is 5.75 Å². The van der Waals surface area contributed by atoms with Crippen LogP contribution < -0.4 is 10.1 Å². The molecule has 0 spiro atoms. The van der Waals surface area contributed by atoms with Crippen molar-refractivity contribution in [3.63, 3.8) is 0 Å². The van der Waals surface area contributed by atoms with E-state index in [1.54, 1.807) is 22.9 Å². The third-order valence-electron chi connectivity index (χ3n) is 4.60. The Morgan fingerprint density at radius 3 is 2.80 bits per heavy atom. The Morgan fingerprint density at radius 1 is 1.40 bits per heavy atom. The highest BCUT2D eigenvalue weighted by molar-refractivity contribution is 5.86. The maximum absolute atomic E-state index is 12.4. The van der Waals surface area contributed by atoms with Crippen molar-refractivity contribution >= 4 is 11.9 Å². The normalized spacial score (nSPS) is 13.9. The Labute approximate surface area is 145 Å². The average Bonchev–Trinajstić information content (AvgIpc) is 3.12. The number of hydrogen-bond acceptors (Lipinski definition) is 4. The topological polar surface area (TPSA) is 93.5 Å². The van der Waals surface area contributed by atoms with Crippen molar-refractivity contribution in [3.05, 3.63) is 46.3 Å². The Bertz CT molecular complexity index is 841. The SMILES string of the molecule is Cc1nn(C)c(C)c1CC(=O)NC(C(=O)O)c1ccc2c(c1)CCO2. The van der Waals surface area contributed by atoms with Crippen molar-refractivity contribution in [1.29, 1.82) is 0 Å². The largest absolute Gasteiger partial charge is 0.493 e. The second-order valence-corrected chi connectivity index (χ2v) is 6.25.